The van der Waals surface area contributed by atoms with Crippen molar-refractivity contribution >= 4 is 23.3 Å². The van der Waals surface area contributed by atoms with Gasteiger partial charge in [-0.1, -0.05) is 19.9 Å². The normalized spacial score (nSPS) is 22.9. The fourth-order valence-electron chi connectivity index (χ4n) is 2.98. The molecule has 3 nitrogen and oxygen atoms in total. The van der Waals surface area contributed by atoms with Gasteiger partial charge in [0.15, 0.2) is 0 Å². The average molecular weight is 291 g/mol. The Balaban J connectivity index is 2.44. The number of nitrogens with two attached hydrogens (primary N) is 1. The Morgan fingerprint density at radius 1 is 1.45 bits per heavy atom. The summed E-state index contributed by atoms with van der Waals surface area (Å²) in [5.74, 6) is 1.86. The molecule has 1 aliphatic rings. The summed E-state index contributed by atoms with van der Waals surface area (Å²) in [6.07, 6.45) is 2.50. The molecule has 0 radical (unpaired) electrons. The van der Waals surface area contributed by atoms with Gasteiger partial charge >= 0.3 is 0 Å². The van der Waals surface area contributed by atoms with Crippen LogP contribution in [0.25, 0.3) is 0 Å². The number of nitrogens with zero attached hydrogens (tertiary/aromatic N) is 1. The molecule has 0 saturated carbocycles. The number of thioether (sulfide) groups is 1. The molecule has 110 valence electrons. The lowest BCUT2D eigenvalue weighted by Gasteiger charge is -2.40. The quantitative estimate of drug-likeness (QED) is 0.505. The van der Waals surface area contributed by atoms with Crippen molar-refractivity contribution in [3.8, 4) is 0 Å². The second-order valence-corrected chi connectivity index (χ2v) is 6.86. The molecule has 0 spiro atoms. The maximum absolute atomic E-state index is 7.97. The van der Waals surface area contributed by atoms with E-state index in [0.29, 0.717) is 12.0 Å². The molecule has 1 fully saturated rings. The van der Waals surface area contributed by atoms with Gasteiger partial charge in [-0.15, -0.1) is 11.8 Å². The zero-order chi connectivity index (χ0) is 14.7. The van der Waals surface area contributed by atoms with Crippen LogP contribution >= 0.6 is 11.8 Å². The number of rotatable bonds is 4. The minimum absolute atomic E-state index is 0.182. The number of benzene rings is 1. The third-order valence-electron chi connectivity index (χ3n) is 4.26. The molecule has 1 aliphatic heterocycles. The molecular formula is C16H25N3S. The van der Waals surface area contributed by atoms with E-state index in [9.17, 15) is 0 Å². The van der Waals surface area contributed by atoms with Gasteiger partial charge in [0.1, 0.15) is 5.84 Å². The topological polar surface area (TPSA) is 53.1 Å². The summed E-state index contributed by atoms with van der Waals surface area (Å²) in [7, 11) is 0. The number of anilines is 1. The van der Waals surface area contributed by atoms with E-state index in [1.807, 2.05) is 0 Å². The standard InChI is InChI=1S/C16H25N3S/c1-4-20-14-9-5-8-13(15(14)16(17)18)19-10-6-7-11(2)12(19)3/h5,8-9,11-12H,4,6-7,10H2,1-3H3,(H3,17,18). The van der Waals surface area contributed by atoms with Crippen LogP contribution in [-0.2, 0) is 0 Å². The van der Waals surface area contributed by atoms with Crippen LogP contribution in [0.4, 0.5) is 5.69 Å². The molecule has 0 aromatic heterocycles. The first-order valence-electron chi connectivity index (χ1n) is 7.43. The third-order valence-corrected chi connectivity index (χ3v) is 5.20. The van der Waals surface area contributed by atoms with Gasteiger partial charge < -0.3 is 10.6 Å². The summed E-state index contributed by atoms with van der Waals surface area (Å²) in [6.45, 7) is 7.79. The molecule has 2 atom stereocenters. The predicted octanol–water partition coefficient (Wildman–Crippen LogP) is 3.71. The molecule has 2 rings (SSSR count). The Hall–Kier alpha value is -1.16. The van der Waals surface area contributed by atoms with E-state index in [2.05, 4.69) is 43.9 Å². The lowest BCUT2D eigenvalue weighted by Crippen LogP contribution is -2.43. The molecule has 4 heteroatoms. The van der Waals surface area contributed by atoms with Crippen molar-refractivity contribution < 1.29 is 0 Å². The largest absolute Gasteiger partial charge is 0.384 e. The zero-order valence-corrected chi connectivity index (χ0v) is 13.5. The summed E-state index contributed by atoms with van der Waals surface area (Å²) in [5, 5.41) is 7.97. The highest BCUT2D eigenvalue weighted by atomic mass is 32.2. The molecule has 3 N–H and O–H groups in total. The number of nitrogen functional groups attached to an aromatic ring is 1. The van der Waals surface area contributed by atoms with Crippen LogP contribution < -0.4 is 10.6 Å². The lowest BCUT2D eigenvalue weighted by molar-refractivity contribution is 0.363. The Kier molecular flexibility index (Phi) is 4.97. The van der Waals surface area contributed by atoms with Crippen molar-refractivity contribution in [3.05, 3.63) is 23.8 Å². The van der Waals surface area contributed by atoms with Gasteiger partial charge in [0.2, 0.25) is 0 Å². The van der Waals surface area contributed by atoms with Crippen LogP contribution in [0.2, 0.25) is 0 Å². The second-order valence-electron chi connectivity index (χ2n) is 5.55. The minimum atomic E-state index is 0.182. The van der Waals surface area contributed by atoms with Gasteiger partial charge in [0.05, 0.1) is 5.56 Å². The number of hydrogen-bond donors (Lipinski definition) is 2. The predicted molar refractivity (Wildman–Crippen MR) is 89.1 cm³/mol. The molecule has 1 aromatic carbocycles. The second kappa shape index (κ2) is 6.53. The van der Waals surface area contributed by atoms with Crippen molar-refractivity contribution in [1.82, 2.24) is 0 Å². The van der Waals surface area contributed by atoms with Crippen molar-refractivity contribution in [3.63, 3.8) is 0 Å². The van der Waals surface area contributed by atoms with Gasteiger partial charge in [-0.05, 0) is 43.6 Å². The fraction of sp³-hybridized carbons (Fsp3) is 0.562. The molecular weight excluding hydrogens is 266 g/mol. The molecule has 1 saturated heterocycles. The third kappa shape index (κ3) is 2.95. The van der Waals surface area contributed by atoms with Crippen molar-refractivity contribution in [2.24, 2.45) is 11.7 Å². The Bertz CT molecular complexity index is 487. The zero-order valence-electron chi connectivity index (χ0n) is 12.6. The first-order valence-corrected chi connectivity index (χ1v) is 8.41. The smallest absolute Gasteiger partial charge is 0.126 e. The Morgan fingerprint density at radius 2 is 2.20 bits per heavy atom. The van der Waals surface area contributed by atoms with E-state index < -0.39 is 0 Å². The van der Waals surface area contributed by atoms with Crippen molar-refractivity contribution in [1.29, 1.82) is 5.41 Å². The van der Waals surface area contributed by atoms with E-state index in [0.717, 1.165) is 28.4 Å². The summed E-state index contributed by atoms with van der Waals surface area (Å²) >= 11 is 1.76. The molecule has 0 amide bonds. The molecule has 0 bridgehead atoms. The Morgan fingerprint density at radius 3 is 2.85 bits per heavy atom. The van der Waals surface area contributed by atoms with Gasteiger partial charge in [0.25, 0.3) is 0 Å². The van der Waals surface area contributed by atoms with Crippen LogP contribution in [0, 0.1) is 11.3 Å². The number of hydrogen-bond acceptors (Lipinski definition) is 3. The van der Waals surface area contributed by atoms with Crippen LogP contribution in [0.5, 0.6) is 0 Å². The maximum atomic E-state index is 7.97. The number of nitrogens with one attached hydrogen (secondary N) is 1. The summed E-state index contributed by atoms with van der Waals surface area (Å²) in [5.41, 5.74) is 7.93. The van der Waals surface area contributed by atoms with Gasteiger partial charge in [-0.3, -0.25) is 5.41 Å². The van der Waals surface area contributed by atoms with E-state index in [4.69, 9.17) is 11.1 Å². The highest BCUT2D eigenvalue weighted by Crippen LogP contribution is 2.35. The highest BCUT2D eigenvalue weighted by Gasteiger charge is 2.27. The van der Waals surface area contributed by atoms with Gasteiger partial charge in [-0.2, -0.15) is 0 Å². The van der Waals surface area contributed by atoms with Crippen LogP contribution in [0.15, 0.2) is 23.1 Å². The number of piperidine rings is 1. The summed E-state index contributed by atoms with van der Waals surface area (Å²) in [6, 6.07) is 6.78. The molecule has 0 aliphatic carbocycles. The monoisotopic (exact) mass is 291 g/mol. The molecule has 2 unspecified atom stereocenters. The van der Waals surface area contributed by atoms with Crippen molar-refractivity contribution in [2.75, 3.05) is 17.2 Å². The van der Waals surface area contributed by atoms with Gasteiger partial charge in [-0.25, -0.2) is 0 Å². The maximum Gasteiger partial charge on any atom is 0.126 e. The molecule has 1 heterocycles. The minimum Gasteiger partial charge on any atom is -0.384 e. The molecule has 1 aromatic rings. The van der Waals surface area contributed by atoms with Crippen LogP contribution in [0.3, 0.4) is 0 Å². The lowest BCUT2D eigenvalue weighted by atomic mass is 9.91. The van der Waals surface area contributed by atoms with Crippen LogP contribution in [-0.4, -0.2) is 24.2 Å². The average Bonchev–Trinajstić information content (AvgIpc) is 2.42. The van der Waals surface area contributed by atoms with E-state index in [1.54, 1.807) is 11.8 Å². The Labute approximate surface area is 126 Å². The summed E-state index contributed by atoms with van der Waals surface area (Å²) in [4.78, 5) is 3.56. The van der Waals surface area contributed by atoms with E-state index in [-0.39, 0.29) is 5.84 Å². The first kappa shape index (κ1) is 15.2. The molecule has 20 heavy (non-hydrogen) atoms. The first-order chi connectivity index (χ1) is 9.56. The van der Waals surface area contributed by atoms with E-state index in [1.165, 1.54) is 12.8 Å². The van der Waals surface area contributed by atoms with Gasteiger partial charge in [0, 0.05) is 23.2 Å². The summed E-state index contributed by atoms with van der Waals surface area (Å²) < 4.78 is 0. The fourth-order valence-corrected chi connectivity index (χ4v) is 3.83. The van der Waals surface area contributed by atoms with E-state index >= 15 is 0 Å². The highest BCUT2D eigenvalue weighted by molar-refractivity contribution is 7.99. The van der Waals surface area contributed by atoms with Crippen molar-refractivity contribution in [2.45, 2.75) is 44.6 Å². The number of amidine groups is 1. The SMILES string of the molecule is CCSc1cccc(N2CCCC(C)C2C)c1C(=N)N. The van der Waals surface area contributed by atoms with Crippen LogP contribution in [0.1, 0.15) is 39.2 Å².